The molecule has 3 N–H and O–H groups in total. The highest BCUT2D eigenvalue weighted by Gasteiger charge is 2.07. The molecule has 1 rings (SSSR count). The third kappa shape index (κ3) is 6.57. The first-order chi connectivity index (χ1) is 9.51. The van der Waals surface area contributed by atoms with Gasteiger partial charge in [0.05, 0.1) is 6.10 Å². The Morgan fingerprint density at radius 1 is 1.25 bits per heavy atom. The van der Waals surface area contributed by atoms with Crippen LogP contribution in [0.15, 0.2) is 24.3 Å². The molecule has 1 amide bonds. The van der Waals surface area contributed by atoms with Crippen LogP contribution in [0, 0.1) is 0 Å². The molecule has 1 aromatic rings. The molecule has 20 heavy (non-hydrogen) atoms. The lowest BCUT2D eigenvalue weighted by Gasteiger charge is -2.14. The molecule has 4 nitrogen and oxygen atoms in total. The molecule has 0 radical (unpaired) electrons. The summed E-state index contributed by atoms with van der Waals surface area (Å²) in [6, 6.07) is 8.30. The summed E-state index contributed by atoms with van der Waals surface area (Å²) in [4.78, 5) is 11.4. The maximum atomic E-state index is 11.4. The maximum absolute atomic E-state index is 11.4. The van der Waals surface area contributed by atoms with Gasteiger partial charge in [0.1, 0.15) is 5.75 Å². The fourth-order valence-corrected chi connectivity index (χ4v) is 1.94. The Kier molecular flexibility index (Phi) is 7.09. The molecule has 0 aromatic heterocycles. The Hall–Kier alpha value is -1.55. The highest BCUT2D eigenvalue weighted by molar-refractivity contribution is 5.76. The number of benzene rings is 1. The van der Waals surface area contributed by atoms with Crippen LogP contribution in [0.5, 0.6) is 5.75 Å². The average Bonchev–Trinajstić information content (AvgIpc) is 2.37. The van der Waals surface area contributed by atoms with Gasteiger partial charge in [-0.05, 0) is 51.3 Å². The molecule has 0 fully saturated rings. The van der Waals surface area contributed by atoms with Crippen LogP contribution in [0.4, 0.5) is 0 Å². The van der Waals surface area contributed by atoms with E-state index >= 15 is 0 Å². The lowest BCUT2D eigenvalue weighted by Crippen LogP contribution is -2.33. The molecule has 0 saturated carbocycles. The van der Waals surface area contributed by atoms with Crippen LogP contribution >= 0.6 is 0 Å². The van der Waals surface area contributed by atoms with Gasteiger partial charge in [-0.15, -0.1) is 0 Å². The van der Waals surface area contributed by atoms with E-state index in [1.807, 2.05) is 32.9 Å². The maximum Gasteiger partial charge on any atom is 0.221 e. The zero-order chi connectivity index (χ0) is 15.0. The molecule has 1 aromatic carbocycles. The Morgan fingerprint density at radius 3 is 2.45 bits per heavy atom. The topological polar surface area (TPSA) is 64.3 Å². The number of amides is 1. The fraction of sp³-hybridized carbons (Fsp3) is 0.562. The summed E-state index contributed by atoms with van der Waals surface area (Å²) in [5, 5.41) is 2.94. The molecule has 0 aliphatic rings. The van der Waals surface area contributed by atoms with Crippen molar-refractivity contribution in [2.24, 2.45) is 5.73 Å². The summed E-state index contributed by atoms with van der Waals surface area (Å²) < 4.78 is 5.61. The number of nitrogens with one attached hydrogen (secondary N) is 1. The van der Waals surface area contributed by atoms with Gasteiger partial charge < -0.3 is 15.8 Å². The number of carbonyl (C=O) groups excluding carboxylic acids is 1. The number of hydrogen-bond donors (Lipinski definition) is 2. The molecule has 4 heteroatoms. The van der Waals surface area contributed by atoms with Crippen LogP contribution < -0.4 is 15.8 Å². The van der Waals surface area contributed by atoms with E-state index in [1.165, 1.54) is 5.56 Å². The van der Waals surface area contributed by atoms with E-state index in [2.05, 4.69) is 17.4 Å². The minimum Gasteiger partial charge on any atom is -0.491 e. The highest BCUT2D eigenvalue weighted by atomic mass is 16.5. The van der Waals surface area contributed by atoms with Gasteiger partial charge in [-0.2, -0.15) is 0 Å². The van der Waals surface area contributed by atoms with Gasteiger partial charge in [-0.1, -0.05) is 12.1 Å². The number of aryl methyl sites for hydroxylation is 1. The van der Waals surface area contributed by atoms with Crippen molar-refractivity contribution in [1.82, 2.24) is 5.32 Å². The van der Waals surface area contributed by atoms with Crippen LogP contribution in [0.3, 0.4) is 0 Å². The average molecular weight is 278 g/mol. The summed E-state index contributed by atoms with van der Waals surface area (Å²) in [5.74, 6) is 0.925. The summed E-state index contributed by atoms with van der Waals surface area (Å²) >= 11 is 0. The zero-order valence-electron chi connectivity index (χ0n) is 12.7. The monoisotopic (exact) mass is 278 g/mol. The third-order valence-electron chi connectivity index (χ3n) is 2.94. The van der Waals surface area contributed by atoms with E-state index in [0.717, 1.165) is 18.6 Å². The Bertz CT molecular complexity index is 401. The molecule has 1 atom stereocenters. The van der Waals surface area contributed by atoms with Crippen LogP contribution in [0.25, 0.3) is 0 Å². The molecule has 0 aliphatic heterocycles. The number of carbonyl (C=O) groups is 1. The second kappa shape index (κ2) is 8.59. The van der Waals surface area contributed by atoms with Crippen LogP contribution in [0.1, 0.15) is 39.2 Å². The number of hydrogen-bond acceptors (Lipinski definition) is 3. The molecule has 0 heterocycles. The summed E-state index contributed by atoms with van der Waals surface area (Å²) in [5.41, 5.74) is 6.60. The van der Waals surface area contributed by atoms with Crippen molar-refractivity contribution in [3.05, 3.63) is 29.8 Å². The van der Waals surface area contributed by atoms with Crippen molar-refractivity contribution in [2.45, 2.75) is 52.2 Å². The van der Waals surface area contributed by atoms with Gasteiger partial charge in [0.15, 0.2) is 0 Å². The number of ether oxygens (including phenoxy) is 1. The highest BCUT2D eigenvalue weighted by Crippen LogP contribution is 2.15. The van der Waals surface area contributed by atoms with Gasteiger partial charge >= 0.3 is 0 Å². The molecule has 0 bridgehead atoms. The Morgan fingerprint density at radius 2 is 1.90 bits per heavy atom. The number of rotatable bonds is 8. The van der Waals surface area contributed by atoms with Gasteiger partial charge in [0, 0.05) is 19.0 Å². The van der Waals surface area contributed by atoms with Crippen LogP contribution in [0.2, 0.25) is 0 Å². The molecule has 112 valence electrons. The molecular formula is C16H26N2O2. The smallest absolute Gasteiger partial charge is 0.221 e. The predicted octanol–water partition coefficient (Wildman–Crippen LogP) is 2.26. The van der Waals surface area contributed by atoms with Crippen molar-refractivity contribution in [1.29, 1.82) is 0 Å². The third-order valence-corrected chi connectivity index (χ3v) is 2.94. The molecule has 0 spiro atoms. The second-order valence-electron chi connectivity index (χ2n) is 5.36. The summed E-state index contributed by atoms with van der Waals surface area (Å²) in [6.45, 7) is 6.44. The molecular weight excluding hydrogens is 252 g/mol. The van der Waals surface area contributed by atoms with Crippen LogP contribution in [-0.4, -0.2) is 24.6 Å². The predicted molar refractivity (Wildman–Crippen MR) is 81.8 cm³/mol. The van der Waals surface area contributed by atoms with Crippen molar-refractivity contribution in [3.8, 4) is 5.75 Å². The van der Waals surface area contributed by atoms with E-state index in [0.29, 0.717) is 13.0 Å². The van der Waals surface area contributed by atoms with Crippen LogP contribution in [-0.2, 0) is 11.2 Å². The first-order valence-electron chi connectivity index (χ1n) is 7.26. The quantitative estimate of drug-likeness (QED) is 0.766. The van der Waals surface area contributed by atoms with E-state index in [1.54, 1.807) is 0 Å². The summed E-state index contributed by atoms with van der Waals surface area (Å²) in [7, 11) is 0. The SMILES string of the molecule is CC(CCc1ccc(OC(C)C)cc1)NC(=O)CCN. The molecule has 0 saturated heterocycles. The van der Waals surface area contributed by atoms with Crippen molar-refractivity contribution in [3.63, 3.8) is 0 Å². The Labute approximate surface area is 121 Å². The van der Waals surface area contributed by atoms with E-state index < -0.39 is 0 Å². The minimum absolute atomic E-state index is 0.0284. The molecule has 0 aliphatic carbocycles. The van der Waals surface area contributed by atoms with Gasteiger partial charge in [-0.25, -0.2) is 0 Å². The lowest BCUT2D eigenvalue weighted by molar-refractivity contribution is -0.121. The minimum atomic E-state index is 0.0284. The normalized spacial score (nSPS) is 12.2. The zero-order valence-corrected chi connectivity index (χ0v) is 12.7. The van der Waals surface area contributed by atoms with Gasteiger partial charge in [-0.3, -0.25) is 4.79 Å². The lowest BCUT2D eigenvalue weighted by atomic mass is 10.1. The van der Waals surface area contributed by atoms with Crippen molar-refractivity contribution < 1.29 is 9.53 Å². The number of nitrogens with two attached hydrogens (primary N) is 1. The second-order valence-corrected chi connectivity index (χ2v) is 5.36. The standard InChI is InChI=1S/C16H26N2O2/c1-12(2)20-15-8-6-14(7-9-15)5-4-13(3)18-16(19)10-11-17/h6-9,12-13H,4-5,10-11,17H2,1-3H3,(H,18,19). The van der Waals surface area contributed by atoms with Crippen molar-refractivity contribution in [2.75, 3.05) is 6.54 Å². The van der Waals surface area contributed by atoms with E-state index in [-0.39, 0.29) is 18.1 Å². The van der Waals surface area contributed by atoms with Crippen molar-refractivity contribution >= 4 is 5.91 Å². The first-order valence-corrected chi connectivity index (χ1v) is 7.26. The van der Waals surface area contributed by atoms with E-state index in [4.69, 9.17) is 10.5 Å². The Balaban J connectivity index is 2.36. The largest absolute Gasteiger partial charge is 0.491 e. The van der Waals surface area contributed by atoms with Gasteiger partial charge in [0.2, 0.25) is 5.91 Å². The fourth-order valence-electron chi connectivity index (χ4n) is 1.94. The first kappa shape index (κ1) is 16.5. The molecule has 1 unspecified atom stereocenters. The van der Waals surface area contributed by atoms with Gasteiger partial charge in [0.25, 0.3) is 0 Å². The van der Waals surface area contributed by atoms with E-state index in [9.17, 15) is 4.79 Å². The summed E-state index contributed by atoms with van der Waals surface area (Å²) in [6.07, 6.45) is 2.44.